The summed E-state index contributed by atoms with van der Waals surface area (Å²) in [6.45, 7) is 6.51. The summed E-state index contributed by atoms with van der Waals surface area (Å²) in [6.07, 6.45) is 3.20. The van der Waals surface area contributed by atoms with Gasteiger partial charge >= 0.3 is 0 Å². The Kier molecular flexibility index (Phi) is 5.54. The monoisotopic (exact) mass is 282 g/mol. The van der Waals surface area contributed by atoms with Crippen molar-refractivity contribution in [3.8, 4) is 0 Å². The predicted octanol–water partition coefficient (Wildman–Crippen LogP) is 4.00. The summed E-state index contributed by atoms with van der Waals surface area (Å²) in [4.78, 5) is 0. The Morgan fingerprint density at radius 2 is 1.81 bits per heavy atom. The Balaban J connectivity index is 2.19. The van der Waals surface area contributed by atoms with E-state index in [1.807, 2.05) is 0 Å². The minimum atomic E-state index is 0.156. The maximum Gasteiger partial charge on any atom is 0.0500 e. The minimum absolute atomic E-state index is 0.156. The Morgan fingerprint density at radius 3 is 2.48 bits per heavy atom. The molecule has 2 heteroatoms. The molecule has 0 amide bonds. The lowest BCUT2D eigenvalue weighted by Gasteiger charge is -2.18. The highest BCUT2D eigenvalue weighted by atomic mass is 15.2. The summed E-state index contributed by atoms with van der Waals surface area (Å²) >= 11 is 0. The van der Waals surface area contributed by atoms with E-state index in [9.17, 15) is 0 Å². The molecule has 0 aliphatic rings. The molecule has 0 bridgehead atoms. The van der Waals surface area contributed by atoms with Gasteiger partial charge < -0.3 is 0 Å². The molecule has 0 saturated heterocycles. The molecule has 3 N–H and O–H groups in total. The number of nitrogens with two attached hydrogens (primary N) is 1. The predicted molar refractivity (Wildman–Crippen MR) is 90.1 cm³/mol. The molecule has 1 atom stereocenters. The molecule has 0 radical (unpaired) electrons. The topological polar surface area (TPSA) is 38.0 Å². The zero-order chi connectivity index (χ0) is 15.2. The van der Waals surface area contributed by atoms with Gasteiger partial charge in [-0.05, 0) is 54.5 Å². The van der Waals surface area contributed by atoms with E-state index in [2.05, 4.69) is 68.7 Å². The second kappa shape index (κ2) is 7.39. The van der Waals surface area contributed by atoms with Crippen molar-refractivity contribution in [3.05, 3.63) is 70.3 Å². The first-order chi connectivity index (χ1) is 10.1. The fraction of sp³-hybridized carbons (Fsp3) is 0.368. The van der Waals surface area contributed by atoms with E-state index < -0.39 is 0 Å². The maximum absolute atomic E-state index is 5.79. The summed E-state index contributed by atoms with van der Waals surface area (Å²) in [6, 6.07) is 15.6. The quantitative estimate of drug-likeness (QED) is 0.621. The number of hydrazine groups is 1. The molecular formula is C19H26N2. The Labute approximate surface area is 128 Å². The number of benzene rings is 2. The van der Waals surface area contributed by atoms with Gasteiger partial charge in [-0.25, -0.2) is 0 Å². The third-order valence-electron chi connectivity index (χ3n) is 4.10. The minimum Gasteiger partial charge on any atom is -0.271 e. The first-order valence-corrected chi connectivity index (χ1v) is 7.75. The second-order valence-electron chi connectivity index (χ2n) is 5.84. The smallest absolute Gasteiger partial charge is 0.0500 e. The maximum atomic E-state index is 5.79. The van der Waals surface area contributed by atoms with Gasteiger partial charge in [0.05, 0.1) is 0 Å². The van der Waals surface area contributed by atoms with Crippen molar-refractivity contribution in [2.24, 2.45) is 5.84 Å². The highest BCUT2D eigenvalue weighted by Gasteiger charge is 2.11. The largest absolute Gasteiger partial charge is 0.271 e. The number of hydrogen-bond donors (Lipinski definition) is 2. The fourth-order valence-corrected chi connectivity index (χ4v) is 2.69. The van der Waals surface area contributed by atoms with Crippen LogP contribution in [0.3, 0.4) is 0 Å². The van der Waals surface area contributed by atoms with Gasteiger partial charge in [0.2, 0.25) is 0 Å². The van der Waals surface area contributed by atoms with Crippen LogP contribution in [0, 0.1) is 13.8 Å². The van der Waals surface area contributed by atoms with Gasteiger partial charge in [-0.15, -0.1) is 0 Å². The van der Waals surface area contributed by atoms with Crippen molar-refractivity contribution >= 4 is 0 Å². The number of rotatable bonds is 6. The SMILES string of the molecule is CCCc1cccc(C(Cc2ccc(C)c(C)c2)NN)c1. The normalized spacial score (nSPS) is 12.4. The highest BCUT2D eigenvalue weighted by Crippen LogP contribution is 2.21. The number of hydrogen-bond acceptors (Lipinski definition) is 2. The van der Waals surface area contributed by atoms with E-state index >= 15 is 0 Å². The second-order valence-corrected chi connectivity index (χ2v) is 5.84. The van der Waals surface area contributed by atoms with Crippen molar-refractivity contribution < 1.29 is 0 Å². The van der Waals surface area contributed by atoms with E-state index in [0.717, 1.165) is 12.8 Å². The van der Waals surface area contributed by atoms with Crippen LogP contribution < -0.4 is 11.3 Å². The van der Waals surface area contributed by atoms with E-state index in [-0.39, 0.29) is 6.04 Å². The van der Waals surface area contributed by atoms with Crippen LogP contribution in [0.25, 0.3) is 0 Å². The van der Waals surface area contributed by atoms with Gasteiger partial charge in [0.25, 0.3) is 0 Å². The number of aryl methyl sites for hydroxylation is 3. The van der Waals surface area contributed by atoms with Gasteiger partial charge in [0, 0.05) is 6.04 Å². The molecule has 0 aromatic heterocycles. The highest BCUT2D eigenvalue weighted by molar-refractivity contribution is 5.32. The molecule has 0 heterocycles. The molecule has 2 rings (SSSR count). The van der Waals surface area contributed by atoms with Gasteiger partial charge in [-0.1, -0.05) is 55.8 Å². The van der Waals surface area contributed by atoms with Crippen molar-refractivity contribution in [3.63, 3.8) is 0 Å². The van der Waals surface area contributed by atoms with Crippen molar-refractivity contribution in [1.29, 1.82) is 0 Å². The van der Waals surface area contributed by atoms with Gasteiger partial charge in [-0.3, -0.25) is 11.3 Å². The zero-order valence-corrected chi connectivity index (χ0v) is 13.3. The molecule has 2 aromatic carbocycles. The van der Waals surface area contributed by atoms with E-state index in [1.54, 1.807) is 0 Å². The third kappa shape index (κ3) is 4.16. The molecule has 1 unspecified atom stereocenters. The molecule has 2 nitrogen and oxygen atoms in total. The van der Waals surface area contributed by atoms with Crippen LogP contribution in [-0.4, -0.2) is 0 Å². The Bertz CT molecular complexity index is 590. The standard InChI is InChI=1S/C19H26N2/c1-4-6-16-7-5-8-18(12-16)19(21-20)13-17-10-9-14(2)15(3)11-17/h5,7-12,19,21H,4,6,13,20H2,1-3H3. The first-order valence-electron chi connectivity index (χ1n) is 7.75. The van der Waals surface area contributed by atoms with Crippen LogP contribution in [0.1, 0.15) is 47.2 Å². The van der Waals surface area contributed by atoms with Gasteiger partial charge in [0.15, 0.2) is 0 Å². The van der Waals surface area contributed by atoms with Gasteiger partial charge in [-0.2, -0.15) is 0 Å². The Morgan fingerprint density at radius 1 is 1.00 bits per heavy atom. The summed E-state index contributed by atoms with van der Waals surface area (Å²) in [5.41, 5.74) is 9.61. The van der Waals surface area contributed by atoms with E-state index in [4.69, 9.17) is 5.84 Å². The van der Waals surface area contributed by atoms with Crippen LogP contribution >= 0.6 is 0 Å². The lowest BCUT2D eigenvalue weighted by molar-refractivity contribution is 0.551. The lowest BCUT2D eigenvalue weighted by Crippen LogP contribution is -2.29. The van der Waals surface area contributed by atoms with E-state index in [0.29, 0.717) is 0 Å². The molecular weight excluding hydrogens is 256 g/mol. The molecule has 0 aliphatic carbocycles. The Hall–Kier alpha value is -1.64. The molecule has 0 spiro atoms. The van der Waals surface area contributed by atoms with E-state index in [1.165, 1.54) is 34.2 Å². The average Bonchev–Trinajstić information content (AvgIpc) is 2.49. The lowest BCUT2D eigenvalue weighted by atomic mass is 9.95. The van der Waals surface area contributed by atoms with Crippen LogP contribution in [0.15, 0.2) is 42.5 Å². The molecule has 0 saturated carbocycles. The van der Waals surface area contributed by atoms with Crippen molar-refractivity contribution in [2.75, 3.05) is 0 Å². The zero-order valence-electron chi connectivity index (χ0n) is 13.3. The van der Waals surface area contributed by atoms with Crippen LogP contribution in [0.5, 0.6) is 0 Å². The summed E-state index contributed by atoms with van der Waals surface area (Å²) in [5.74, 6) is 5.79. The molecule has 2 aromatic rings. The molecule has 21 heavy (non-hydrogen) atoms. The van der Waals surface area contributed by atoms with Crippen molar-refractivity contribution in [2.45, 2.75) is 46.1 Å². The van der Waals surface area contributed by atoms with Crippen LogP contribution in [0.2, 0.25) is 0 Å². The number of nitrogens with one attached hydrogen (secondary N) is 1. The van der Waals surface area contributed by atoms with Crippen molar-refractivity contribution in [1.82, 2.24) is 5.43 Å². The summed E-state index contributed by atoms with van der Waals surface area (Å²) in [5, 5.41) is 0. The molecule has 0 aliphatic heterocycles. The van der Waals surface area contributed by atoms with Crippen LogP contribution in [0.4, 0.5) is 0 Å². The fourth-order valence-electron chi connectivity index (χ4n) is 2.69. The molecule has 112 valence electrons. The third-order valence-corrected chi connectivity index (χ3v) is 4.10. The summed E-state index contributed by atoms with van der Waals surface area (Å²) in [7, 11) is 0. The first kappa shape index (κ1) is 15.7. The average molecular weight is 282 g/mol. The summed E-state index contributed by atoms with van der Waals surface area (Å²) < 4.78 is 0. The molecule has 0 fully saturated rings. The van der Waals surface area contributed by atoms with Gasteiger partial charge in [0.1, 0.15) is 0 Å². The van der Waals surface area contributed by atoms with Crippen LogP contribution in [-0.2, 0) is 12.8 Å².